The van der Waals surface area contributed by atoms with Crippen molar-refractivity contribution in [1.82, 2.24) is 0 Å². The van der Waals surface area contributed by atoms with Gasteiger partial charge in [-0.15, -0.1) is 11.6 Å². The van der Waals surface area contributed by atoms with Crippen LogP contribution >= 0.6 is 50.7 Å². The van der Waals surface area contributed by atoms with Crippen LogP contribution in [0.3, 0.4) is 0 Å². The number of rotatable bonds is 3. The van der Waals surface area contributed by atoms with Gasteiger partial charge >= 0.3 is 0 Å². The summed E-state index contributed by atoms with van der Waals surface area (Å²) in [7, 11) is 1.57. The molecule has 1 unspecified atom stereocenters. The van der Waals surface area contributed by atoms with Crippen molar-refractivity contribution in [3.8, 4) is 5.75 Å². The molecule has 0 spiro atoms. The quantitative estimate of drug-likeness (QED) is 0.648. The summed E-state index contributed by atoms with van der Waals surface area (Å²) < 4.78 is 11.3. The standard InChI is InChI=1S/C12H8BrCl3O2/c1-17-12-7(4-6(14)5-8(12)13)11(16)9-2-3-10(15)18-9/h2-5,11H,1H3. The Labute approximate surface area is 128 Å². The minimum Gasteiger partial charge on any atom is -0.495 e. The number of hydrogen-bond acceptors (Lipinski definition) is 2. The van der Waals surface area contributed by atoms with Crippen molar-refractivity contribution < 1.29 is 9.15 Å². The molecule has 2 rings (SSSR count). The molecule has 0 N–H and O–H groups in total. The lowest BCUT2D eigenvalue weighted by Crippen LogP contribution is -1.97. The molecule has 6 heteroatoms. The second-order valence-corrected chi connectivity index (χ2v) is 5.61. The Morgan fingerprint density at radius 2 is 2.00 bits per heavy atom. The molecule has 0 fully saturated rings. The molecular formula is C12H8BrCl3O2. The zero-order chi connectivity index (χ0) is 13.3. The Morgan fingerprint density at radius 1 is 1.28 bits per heavy atom. The molecule has 1 heterocycles. The number of ether oxygens (including phenoxy) is 1. The molecule has 0 radical (unpaired) electrons. The van der Waals surface area contributed by atoms with Crippen LogP contribution in [0.5, 0.6) is 5.75 Å². The fraction of sp³-hybridized carbons (Fsp3) is 0.167. The van der Waals surface area contributed by atoms with Gasteiger partial charge in [-0.05, 0) is 51.8 Å². The monoisotopic (exact) mass is 368 g/mol. The van der Waals surface area contributed by atoms with E-state index in [2.05, 4.69) is 15.9 Å². The van der Waals surface area contributed by atoms with E-state index in [9.17, 15) is 0 Å². The summed E-state index contributed by atoms with van der Waals surface area (Å²) in [6, 6.07) is 6.83. The van der Waals surface area contributed by atoms with Crippen molar-refractivity contribution in [3.63, 3.8) is 0 Å². The molecule has 18 heavy (non-hydrogen) atoms. The third kappa shape index (κ3) is 2.80. The molecule has 2 nitrogen and oxygen atoms in total. The van der Waals surface area contributed by atoms with E-state index in [0.29, 0.717) is 22.1 Å². The van der Waals surface area contributed by atoms with Crippen LogP contribution in [0.1, 0.15) is 16.7 Å². The Hall–Kier alpha value is -0.350. The van der Waals surface area contributed by atoms with Crippen molar-refractivity contribution in [1.29, 1.82) is 0 Å². The summed E-state index contributed by atoms with van der Waals surface area (Å²) in [6.07, 6.45) is 0. The van der Waals surface area contributed by atoms with Gasteiger partial charge in [0.2, 0.25) is 0 Å². The fourth-order valence-electron chi connectivity index (χ4n) is 1.60. The maximum atomic E-state index is 6.36. The van der Waals surface area contributed by atoms with Gasteiger partial charge in [0, 0.05) is 10.6 Å². The Bertz CT molecular complexity index is 568. The Kier molecular flexibility index (Phi) is 4.49. The molecule has 1 atom stereocenters. The maximum absolute atomic E-state index is 6.36. The predicted octanol–water partition coefficient (Wildman–Crippen LogP) is 5.69. The van der Waals surface area contributed by atoms with Crippen molar-refractivity contribution in [2.45, 2.75) is 5.38 Å². The highest BCUT2D eigenvalue weighted by molar-refractivity contribution is 9.10. The zero-order valence-electron chi connectivity index (χ0n) is 9.22. The van der Waals surface area contributed by atoms with E-state index in [-0.39, 0.29) is 5.22 Å². The third-order valence-corrected chi connectivity index (χ3v) is 3.82. The first-order valence-electron chi connectivity index (χ1n) is 4.95. The zero-order valence-corrected chi connectivity index (χ0v) is 13.1. The number of benzene rings is 1. The normalized spacial score (nSPS) is 12.5. The van der Waals surface area contributed by atoms with E-state index < -0.39 is 5.38 Å². The molecular weight excluding hydrogens is 362 g/mol. The predicted molar refractivity (Wildman–Crippen MR) is 77.1 cm³/mol. The summed E-state index contributed by atoms with van der Waals surface area (Å²) in [6.45, 7) is 0. The molecule has 0 saturated heterocycles. The van der Waals surface area contributed by atoms with Gasteiger partial charge in [0.15, 0.2) is 5.22 Å². The van der Waals surface area contributed by atoms with E-state index >= 15 is 0 Å². The summed E-state index contributed by atoms with van der Waals surface area (Å²) in [5, 5.41) is 0.319. The van der Waals surface area contributed by atoms with Gasteiger partial charge in [0.25, 0.3) is 0 Å². The van der Waals surface area contributed by atoms with Crippen molar-refractivity contribution in [2.24, 2.45) is 0 Å². The average molecular weight is 370 g/mol. The minimum absolute atomic E-state index is 0.288. The molecule has 2 aromatic rings. The van der Waals surface area contributed by atoms with Crippen LogP contribution < -0.4 is 4.74 Å². The highest BCUT2D eigenvalue weighted by atomic mass is 79.9. The molecule has 0 saturated carbocycles. The molecule has 0 aliphatic heterocycles. The van der Waals surface area contributed by atoms with E-state index in [1.807, 2.05) is 0 Å². The highest BCUT2D eigenvalue weighted by Crippen LogP contribution is 2.41. The number of hydrogen-bond donors (Lipinski definition) is 0. The van der Waals surface area contributed by atoms with Crippen LogP contribution in [0.15, 0.2) is 33.2 Å². The van der Waals surface area contributed by atoms with Gasteiger partial charge in [-0.1, -0.05) is 11.6 Å². The lowest BCUT2D eigenvalue weighted by molar-refractivity contribution is 0.405. The smallest absolute Gasteiger partial charge is 0.193 e. The first kappa shape index (κ1) is 14.1. The van der Waals surface area contributed by atoms with E-state index in [1.165, 1.54) is 0 Å². The Balaban J connectivity index is 2.49. The first-order chi connectivity index (χ1) is 8.52. The molecule has 0 amide bonds. The minimum atomic E-state index is -0.526. The SMILES string of the molecule is COc1c(Br)cc(Cl)cc1C(Cl)c1ccc(Cl)o1. The van der Waals surface area contributed by atoms with Crippen LogP contribution in [-0.4, -0.2) is 7.11 Å². The van der Waals surface area contributed by atoms with Gasteiger partial charge in [-0.2, -0.15) is 0 Å². The molecule has 0 aliphatic carbocycles. The summed E-state index contributed by atoms with van der Waals surface area (Å²) in [4.78, 5) is 0. The number of halogens is 4. The average Bonchev–Trinajstić information content (AvgIpc) is 2.74. The van der Waals surface area contributed by atoms with Gasteiger partial charge in [0.1, 0.15) is 16.9 Å². The van der Waals surface area contributed by atoms with Crippen molar-refractivity contribution in [3.05, 3.63) is 50.3 Å². The van der Waals surface area contributed by atoms with Crippen molar-refractivity contribution >= 4 is 50.7 Å². The second kappa shape index (κ2) is 5.74. The summed E-state index contributed by atoms with van der Waals surface area (Å²) in [5.41, 5.74) is 0.713. The molecule has 1 aromatic carbocycles. The van der Waals surface area contributed by atoms with Crippen molar-refractivity contribution in [2.75, 3.05) is 7.11 Å². The molecule has 0 bridgehead atoms. The number of furan rings is 1. The fourth-order valence-corrected chi connectivity index (χ4v) is 3.03. The van der Waals surface area contributed by atoms with E-state index in [0.717, 1.165) is 4.47 Å². The molecule has 0 aliphatic rings. The van der Waals surface area contributed by atoms with E-state index in [1.54, 1.807) is 31.4 Å². The highest BCUT2D eigenvalue weighted by Gasteiger charge is 2.21. The molecule has 1 aromatic heterocycles. The van der Waals surface area contributed by atoms with Crippen LogP contribution in [0.4, 0.5) is 0 Å². The summed E-state index contributed by atoms with van der Waals surface area (Å²) >= 11 is 21.5. The largest absolute Gasteiger partial charge is 0.495 e. The Morgan fingerprint density at radius 3 is 2.56 bits per heavy atom. The lowest BCUT2D eigenvalue weighted by atomic mass is 10.1. The second-order valence-electron chi connectivity index (χ2n) is 3.51. The number of methoxy groups -OCH3 is 1. The van der Waals surface area contributed by atoms with Crippen LogP contribution in [-0.2, 0) is 0 Å². The van der Waals surface area contributed by atoms with Gasteiger partial charge in [-0.25, -0.2) is 0 Å². The third-order valence-electron chi connectivity index (χ3n) is 2.36. The first-order valence-corrected chi connectivity index (χ1v) is 6.93. The van der Waals surface area contributed by atoms with Gasteiger partial charge in [0.05, 0.1) is 11.6 Å². The van der Waals surface area contributed by atoms with Gasteiger partial charge < -0.3 is 9.15 Å². The lowest BCUT2D eigenvalue weighted by Gasteiger charge is -2.14. The molecule has 96 valence electrons. The van der Waals surface area contributed by atoms with E-state index in [4.69, 9.17) is 44.0 Å². The van der Waals surface area contributed by atoms with Crippen LogP contribution in [0, 0.1) is 0 Å². The maximum Gasteiger partial charge on any atom is 0.193 e. The van der Waals surface area contributed by atoms with Gasteiger partial charge in [-0.3, -0.25) is 0 Å². The van der Waals surface area contributed by atoms with Crippen LogP contribution in [0.25, 0.3) is 0 Å². The number of alkyl halides is 1. The summed E-state index contributed by atoms with van der Waals surface area (Å²) in [5.74, 6) is 1.15. The van der Waals surface area contributed by atoms with Crippen LogP contribution in [0.2, 0.25) is 10.2 Å². The topological polar surface area (TPSA) is 22.4 Å².